The fraction of sp³-hybridized carbons (Fsp3) is 0.133. The van der Waals surface area contributed by atoms with E-state index in [1.807, 2.05) is 24.1 Å². The molecule has 0 unspecified atom stereocenters. The maximum atomic E-state index is 10.8. The van der Waals surface area contributed by atoms with Crippen molar-refractivity contribution in [1.82, 2.24) is 4.98 Å². The van der Waals surface area contributed by atoms with Gasteiger partial charge < -0.3 is 10.0 Å². The number of carbonyl (C=O) groups is 1. The topological polar surface area (TPSA) is 77.2 Å². The van der Waals surface area contributed by atoms with Gasteiger partial charge in [0.1, 0.15) is 17.6 Å². The van der Waals surface area contributed by atoms with Crippen LogP contribution < -0.4 is 4.90 Å². The molecule has 0 saturated carbocycles. The van der Waals surface area contributed by atoms with Crippen LogP contribution in [0.4, 0.5) is 5.82 Å². The van der Waals surface area contributed by atoms with Crippen LogP contribution in [-0.4, -0.2) is 23.1 Å². The van der Waals surface area contributed by atoms with Crippen molar-refractivity contribution in [3.05, 3.63) is 59.3 Å². The Kier molecular flexibility index (Phi) is 3.96. The summed E-state index contributed by atoms with van der Waals surface area (Å²) >= 11 is 0. The molecule has 1 heterocycles. The van der Waals surface area contributed by atoms with Crippen molar-refractivity contribution >= 4 is 11.8 Å². The molecule has 1 aromatic carbocycles. The van der Waals surface area contributed by atoms with Gasteiger partial charge in [-0.05, 0) is 29.8 Å². The first kappa shape index (κ1) is 13.6. The molecule has 2 rings (SSSR count). The molecule has 0 spiro atoms. The molecule has 0 bridgehead atoms. The lowest BCUT2D eigenvalue weighted by atomic mass is 10.1. The molecule has 1 N–H and O–H groups in total. The SMILES string of the molecule is CN(Cc1ccc(C(=O)O)cc1)c1cccc(C#N)n1. The van der Waals surface area contributed by atoms with Crippen molar-refractivity contribution in [1.29, 1.82) is 5.26 Å². The van der Waals surface area contributed by atoms with E-state index in [2.05, 4.69) is 4.98 Å². The summed E-state index contributed by atoms with van der Waals surface area (Å²) < 4.78 is 0. The quantitative estimate of drug-likeness (QED) is 0.919. The first-order chi connectivity index (χ1) is 9.60. The van der Waals surface area contributed by atoms with Gasteiger partial charge in [-0.25, -0.2) is 9.78 Å². The fourth-order valence-corrected chi connectivity index (χ4v) is 1.81. The monoisotopic (exact) mass is 267 g/mol. The molecule has 1 aromatic heterocycles. The minimum Gasteiger partial charge on any atom is -0.478 e. The van der Waals surface area contributed by atoms with Gasteiger partial charge in [0, 0.05) is 13.6 Å². The van der Waals surface area contributed by atoms with E-state index in [1.54, 1.807) is 36.4 Å². The van der Waals surface area contributed by atoms with Crippen LogP contribution in [0.3, 0.4) is 0 Å². The van der Waals surface area contributed by atoms with Crippen molar-refractivity contribution in [3.63, 3.8) is 0 Å². The largest absolute Gasteiger partial charge is 0.478 e. The molecule has 0 aliphatic heterocycles. The number of hydrogen-bond acceptors (Lipinski definition) is 4. The summed E-state index contributed by atoms with van der Waals surface area (Å²) in [4.78, 5) is 16.9. The highest BCUT2D eigenvalue weighted by Crippen LogP contribution is 2.14. The number of hydrogen-bond donors (Lipinski definition) is 1. The second kappa shape index (κ2) is 5.85. The molecule has 0 radical (unpaired) electrons. The first-order valence-electron chi connectivity index (χ1n) is 6.00. The van der Waals surface area contributed by atoms with Crippen LogP contribution in [0.25, 0.3) is 0 Å². The number of benzene rings is 1. The highest BCUT2D eigenvalue weighted by Gasteiger charge is 2.06. The Morgan fingerprint density at radius 3 is 2.60 bits per heavy atom. The molecule has 20 heavy (non-hydrogen) atoms. The van der Waals surface area contributed by atoms with Gasteiger partial charge in [-0.15, -0.1) is 0 Å². The Labute approximate surface area is 116 Å². The predicted octanol–water partition coefficient (Wildman–Crippen LogP) is 2.29. The van der Waals surface area contributed by atoms with Gasteiger partial charge in [-0.3, -0.25) is 0 Å². The highest BCUT2D eigenvalue weighted by molar-refractivity contribution is 5.87. The van der Waals surface area contributed by atoms with Gasteiger partial charge in [0.05, 0.1) is 5.56 Å². The zero-order valence-corrected chi connectivity index (χ0v) is 10.9. The minimum absolute atomic E-state index is 0.265. The number of carboxylic acids is 1. The van der Waals surface area contributed by atoms with Crippen molar-refractivity contribution < 1.29 is 9.90 Å². The standard InChI is InChI=1S/C15H13N3O2/c1-18(14-4-2-3-13(9-16)17-14)10-11-5-7-12(8-6-11)15(19)20/h2-8H,10H2,1H3,(H,19,20). The molecular weight excluding hydrogens is 254 g/mol. The van der Waals surface area contributed by atoms with E-state index in [0.29, 0.717) is 18.1 Å². The van der Waals surface area contributed by atoms with E-state index < -0.39 is 5.97 Å². The Morgan fingerprint density at radius 2 is 2.00 bits per heavy atom. The molecule has 5 nitrogen and oxygen atoms in total. The van der Waals surface area contributed by atoms with E-state index >= 15 is 0 Å². The lowest BCUT2D eigenvalue weighted by molar-refractivity contribution is 0.0697. The number of anilines is 1. The summed E-state index contributed by atoms with van der Waals surface area (Å²) in [5, 5.41) is 17.7. The molecule has 0 atom stereocenters. The predicted molar refractivity (Wildman–Crippen MR) is 74.5 cm³/mol. The Morgan fingerprint density at radius 1 is 1.30 bits per heavy atom. The van der Waals surface area contributed by atoms with Gasteiger partial charge in [0.2, 0.25) is 0 Å². The number of aromatic carboxylic acids is 1. The maximum Gasteiger partial charge on any atom is 0.335 e. The van der Waals surface area contributed by atoms with Crippen LogP contribution in [0.1, 0.15) is 21.6 Å². The van der Waals surface area contributed by atoms with Crippen molar-refractivity contribution in [2.45, 2.75) is 6.54 Å². The van der Waals surface area contributed by atoms with Gasteiger partial charge in [-0.1, -0.05) is 18.2 Å². The molecule has 0 fully saturated rings. The number of pyridine rings is 1. The molecule has 0 aliphatic rings. The summed E-state index contributed by atoms with van der Waals surface area (Å²) in [7, 11) is 1.87. The Bertz CT molecular complexity index is 660. The van der Waals surface area contributed by atoms with Crippen molar-refractivity contribution in [3.8, 4) is 6.07 Å². The lowest BCUT2D eigenvalue weighted by Gasteiger charge is -2.18. The van der Waals surface area contributed by atoms with Crippen molar-refractivity contribution in [2.75, 3.05) is 11.9 Å². The summed E-state index contributed by atoms with van der Waals surface area (Å²) in [6.45, 7) is 0.585. The van der Waals surface area contributed by atoms with E-state index in [-0.39, 0.29) is 5.56 Å². The molecule has 100 valence electrons. The summed E-state index contributed by atoms with van der Waals surface area (Å²) in [6, 6.07) is 14.0. The van der Waals surface area contributed by atoms with Crippen molar-refractivity contribution in [2.24, 2.45) is 0 Å². The van der Waals surface area contributed by atoms with Crippen LogP contribution in [0, 0.1) is 11.3 Å². The number of nitriles is 1. The van der Waals surface area contributed by atoms with E-state index in [9.17, 15) is 4.79 Å². The van der Waals surface area contributed by atoms with Crippen LogP contribution in [0.5, 0.6) is 0 Å². The van der Waals surface area contributed by atoms with Crippen LogP contribution in [-0.2, 0) is 6.54 Å². The van der Waals surface area contributed by atoms with E-state index in [1.165, 1.54) is 0 Å². The number of carboxylic acid groups (broad SMARTS) is 1. The molecule has 0 amide bonds. The Hall–Kier alpha value is -2.87. The minimum atomic E-state index is -0.937. The summed E-state index contributed by atoms with van der Waals surface area (Å²) in [5.74, 6) is -0.236. The van der Waals surface area contributed by atoms with Crippen LogP contribution >= 0.6 is 0 Å². The van der Waals surface area contributed by atoms with Gasteiger partial charge >= 0.3 is 5.97 Å². The number of aromatic nitrogens is 1. The second-order valence-electron chi connectivity index (χ2n) is 4.35. The maximum absolute atomic E-state index is 10.8. The van der Waals surface area contributed by atoms with Crippen LogP contribution in [0.15, 0.2) is 42.5 Å². The summed E-state index contributed by atoms with van der Waals surface area (Å²) in [5.41, 5.74) is 1.61. The highest BCUT2D eigenvalue weighted by atomic mass is 16.4. The average molecular weight is 267 g/mol. The van der Waals surface area contributed by atoms with Gasteiger partial charge in [0.15, 0.2) is 0 Å². The van der Waals surface area contributed by atoms with Gasteiger partial charge in [-0.2, -0.15) is 5.26 Å². The second-order valence-corrected chi connectivity index (χ2v) is 4.35. The zero-order valence-electron chi connectivity index (χ0n) is 10.9. The fourth-order valence-electron chi connectivity index (χ4n) is 1.81. The zero-order chi connectivity index (χ0) is 14.5. The number of rotatable bonds is 4. The molecular formula is C15H13N3O2. The molecule has 5 heteroatoms. The normalized spacial score (nSPS) is 9.80. The molecule has 0 aliphatic carbocycles. The van der Waals surface area contributed by atoms with Crippen LogP contribution in [0.2, 0.25) is 0 Å². The number of nitrogens with zero attached hydrogens (tertiary/aromatic N) is 3. The average Bonchev–Trinajstić information content (AvgIpc) is 2.47. The van der Waals surface area contributed by atoms with E-state index in [0.717, 1.165) is 5.56 Å². The Balaban J connectivity index is 2.12. The molecule has 2 aromatic rings. The first-order valence-corrected chi connectivity index (χ1v) is 6.00. The third-order valence-electron chi connectivity index (χ3n) is 2.86. The third-order valence-corrected chi connectivity index (χ3v) is 2.86. The molecule has 0 saturated heterocycles. The van der Waals surface area contributed by atoms with E-state index in [4.69, 9.17) is 10.4 Å². The van der Waals surface area contributed by atoms with Gasteiger partial charge in [0.25, 0.3) is 0 Å². The third kappa shape index (κ3) is 3.12. The lowest BCUT2D eigenvalue weighted by Crippen LogP contribution is -2.17. The summed E-state index contributed by atoms with van der Waals surface area (Å²) in [6.07, 6.45) is 0. The smallest absolute Gasteiger partial charge is 0.335 e.